The number of β-lactam (4-membered cyclic amide) rings is 1. The number of fused-ring (bicyclic) bond motifs is 1. The van der Waals surface area contributed by atoms with Crippen molar-refractivity contribution in [3.8, 4) is 0 Å². The van der Waals surface area contributed by atoms with Crippen molar-refractivity contribution in [3.05, 3.63) is 60.1 Å². The van der Waals surface area contributed by atoms with E-state index in [-0.39, 0.29) is 30.1 Å². The summed E-state index contributed by atoms with van der Waals surface area (Å²) in [5.74, 6) is -2.53. The molecule has 3 heterocycles. The average molecular weight is 537 g/mol. The van der Waals surface area contributed by atoms with Gasteiger partial charge in [0.25, 0.3) is 0 Å². The lowest BCUT2D eigenvalue weighted by molar-refractivity contribution is -0.175. The van der Waals surface area contributed by atoms with Crippen LogP contribution in [-0.4, -0.2) is 64.2 Å². The molecule has 2 aliphatic rings. The van der Waals surface area contributed by atoms with Crippen LogP contribution in [-0.2, 0) is 28.7 Å². The Morgan fingerprint density at radius 3 is 2.36 bits per heavy atom. The van der Waals surface area contributed by atoms with E-state index in [9.17, 15) is 24.3 Å². The molecule has 0 spiro atoms. The third-order valence-corrected chi connectivity index (χ3v) is 6.56. The maximum atomic E-state index is 13.1. The molecule has 1 saturated heterocycles. The molecule has 3 atom stereocenters. The van der Waals surface area contributed by atoms with Gasteiger partial charge in [0.15, 0.2) is 0 Å². The third kappa shape index (κ3) is 6.09. The van der Waals surface area contributed by atoms with Crippen molar-refractivity contribution in [2.24, 2.45) is 11.3 Å². The van der Waals surface area contributed by atoms with E-state index in [1.165, 1.54) is 4.90 Å². The normalized spacial score (nSPS) is 19.1. The zero-order valence-electron chi connectivity index (χ0n) is 22.3. The summed E-state index contributed by atoms with van der Waals surface area (Å²) >= 11 is 0. The Labute approximate surface area is 226 Å². The van der Waals surface area contributed by atoms with Crippen molar-refractivity contribution < 1.29 is 33.8 Å². The fourth-order valence-electron chi connectivity index (χ4n) is 4.55. The maximum Gasteiger partial charge on any atom is 0.358 e. The minimum absolute atomic E-state index is 0.0374. The molecule has 11 nitrogen and oxygen atoms in total. The number of benzene rings is 1. The highest BCUT2D eigenvalue weighted by Gasteiger charge is 2.57. The minimum atomic E-state index is -0.868. The highest BCUT2D eigenvalue weighted by molar-refractivity contribution is 6.07. The summed E-state index contributed by atoms with van der Waals surface area (Å²) < 4.78 is 10.3. The van der Waals surface area contributed by atoms with E-state index in [0.29, 0.717) is 28.9 Å². The summed E-state index contributed by atoms with van der Waals surface area (Å²) in [5, 5.41) is 15.9. The molecule has 1 aromatic heterocycles. The van der Waals surface area contributed by atoms with Gasteiger partial charge >= 0.3 is 11.9 Å². The predicted octanol–water partition coefficient (Wildman–Crippen LogP) is 2.54. The molecule has 0 bridgehead atoms. The number of aliphatic hydroxyl groups excluding tert-OH is 1. The van der Waals surface area contributed by atoms with Gasteiger partial charge in [0.1, 0.15) is 5.70 Å². The summed E-state index contributed by atoms with van der Waals surface area (Å²) in [6.07, 6.45) is 2.66. The van der Waals surface area contributed by atoms with Crippen molar-refractivity contribution >= 4 is 40.7 Å². The predicted molar refractivity (Wildman–Crippen MR) is 142 cm³/mol. The van der Waals surface area contributed by atoms with Crippen LogP contribution >= 0.6 is 0 Å². The number of aliphatic hydroxyl groups is 1. The van der Waals surface area contributed by atoms with Gasteiger partial charge in [-0.1, -0.05) is 12.1 Å². The number of aromatic nitrogens is 1. The number of hydrogen-bond donors (Lipinski definition) is 3. The van der Waals surface area contributed by atoms with E-state index in [2.05, 4.69) is 15.6 Å². The molecule has 11 heteroatoms. The van der Waals surface area contributed by atoms with Gasteiger partial charge in [-0.2, -0.15) is 0 Å². The summed E-state index contributed by atoms with van der Waals surface area (Å²) in [5.41, 5.74) is 1.91. The summed E-state index contributed by atoms with van der Waals surface area (Å²) in [4.78, 5) is 55.4. The van der Waals surface area contributed by atoms with Crippen LogP contribution in [0, 0.1) is 11.3 Å². The number of ether oxygens (including phenoxy) is 2. The largest absolute Gasteiger partial charge is 0.427 e. The minimum Gasteiger partial charge on any atom is -0.427 e. The highest BCUT2D eigenvalue weighted by Crippen LogP contribution is 2.47. The second-order valence-electron chi connectivity index (χ2n) is 10.5. The summed E-state index contributed by atoms with van der Waals surface area (Å²) in [6.45, 7) is 6.05. The number of pyridine rings is 1. The van der Waals surface area contributed by atoms with Gasteiger partial charge < -0.3 is 30.1 Å². The highest BCUT2D eigenvalue weighted by atomic mass is 16.7. The lowest BCUT2D eigenvalue weighted by Crippen LogP contribution is -2.61. The standard InChI is InChI=1S/C28H32N4O7/c1-16(33)23-21-13-20(24(32(21)25(23)35)26(36)38-15-39-27(37)28(2,3)4)17-5-7-18(8-6-17)30-14-22(34)31-19-9-11-29-12-10-19/h5-12,16,21,23,30,33H,13-15H2,1-4H3,(H,29,31,34)/t16-,21-,23-/m1/s1. The lowest BCUT2D eigenvalue weighted by atomic mass is 9.82. The van der Waals surface area contributed by atoms with Crippen LogP contribution in [0.4, 0.5) is 11.4 Å². The van der Waals surface area contributed by atoms with E-state index < -0.39 is 36.2 Å². The van der Waals surface area contributed by atoms with E-state index in [4.69, 9.17) is 9.47 Å². The Morgan fingerprint density at radius 1 is 1.08 bits per heavy atom. The van der Waals surface area contributed by atoms with E-state index >= 15 is 0 Å². The Morgan fingerprint density at radius 2 is 1.74 bits per heavy atom. The number of rotatable bonds is 9. The van der Waals surface area contributed by atoms with Crippen molar-refractivity contribution in [1.82, 2.24) is 9.88 Å². The quantitative estimate of drug-likeness (QED) is 0.250. The number of nitrogens with one attached hydrogen (secondary N) is 2. The molecule has 1 aromatic carbocycles. The summed E-state index contributed by atoms with van der Waals surface area (Å²) in [6, 6.07) is 10.1. The smallest absolute Gasteiger partial charge is 0.358 e. The number of carbonyl (C=O) groups excluding carboxylic acids is 4. The fraction of sp³-hybridized carbons (Fsp3) is 0.393. The van der Waals surface area contributed by atoms with Gasteiger partial charge in [0.05, 0.1) is 30.0 Å². The second-order valence-corrected chi connectivity index (χ2v) is 10.5. The number of carbonyl (C=O) groups is 4. The molecule has 3 N–H and O–H groups in total. The van der Waals surface area contributed by atoms with Gasteiger partial charge in [0.2, 0.25) is 18.6 Å². The first-order valence-electron chi connectivity index (χ1n) is 12.6. The van der Waals surface area contributed by atoms with E-state index in [0.717, 1.165) is 0 Å². The molecule has 0 aliphatic carbocycles. The molecule has 4 rings (SSSR count). The number of nitrogens with zero attached hydrogens (tertiary/aromatic N) is 2. The van der Waals surface area contributed by atoms with Gasteiger partial charge in [-0.3, -0.25) is 19.4 Å². The lowest BCUT2D eigenvalue weighted by Gasteiger charge is -2.44. The van der Waals surface area contributed by atoms with Gasteiger partial charge in [0, 0.05) is 23.8 Å². The van der Waals surface area contributed by atoms with E-state index in [1.54, 1.807) is 76.5 Å². The van der Waals surface area contributed by atoms with Gasteiger partial charge in [-0.05, 0) is 69.5 Å². The topological polar surface area (TPSA) is 147 Å². The molecule has 2 aliphatic heterocycles. The Kier molecular flexibility index (Phi) is 8.01. The van der Waals surface area contributed by atoms with Crippen molar-refractivity contribution in [2.75, 3.05) is 24.0 Å². The Bertz CT molecular complexity index is 1280. The number of amides is 2. The molecule has 39 heavy (non-hydrogen) atoms. The first-order valence-corrected chi connectivity index (χ1v) is 12.6. The molecular formula is C28H32N4O7. The fourth-order valence-corrected chi connectivity index (χ4v) is 4.55. The Hall–Kier alpha value is -4.25. The van der Waals surface area contributed by atoms with Crippen LogP contribution in [0.5, 0.6) is 0 Å². The molecule has 0 radical (unpaired) electrons. The SMILES string of the molecule is C[C@@H](O)[C@H]1C(=O)N2C(C(=O)OCOC(=O)C(C)(C)C)=C(c3ccc(NCC(=O)Nc4ccncc4)cc3)C[C@H]12. The van der Waals surface area contributed by atoms with Crippen LogP contribution in [0.25, 0.3) is 5.57 Å². The monoisotopic (exact) mass is 536 g/mol. The molecule has 2 aromatic rings. The van der Waals surface area contributed by atoms with Crippen LogP contribution in [0.2, 0.25) is 0 Å². The molecular weight excluding hydrogens is 504 g/mol. The zero-order chi connectivity index (χ0) is 28.3. The molecule has 1 fully saturated rings. The average Bonchev–Trinajstić information content (AvgIpc) is 3.22. The zero-order valence-corrected chi connectivity index (χ0v) is 22.3. The van der Waals surface area contributed by atoms with Crippen LogP contribution < -0.4 is 10.6 Å². The molecule has 0 unspecified atom stereocenters. The van der Waals surface area contributed by atoms with E-state index in [1.807, 2.05) is 0 Å². The maximum absolute atomic E-state index is 13.1. The third-order valence-electron chi connectivity index (χ3n) is 6.56. The molecule has 2 amide bonds. The number of hydrogen-bond acceptors (Lipinski definition) is 9. The van der Waals surface area contributed by atoms with Gasteiger partial charge in [-0.25, -0.2) is 4.79 Å². The van der Waals surface area contributed by atoms with Crippen LogP contribution in [0.3, 0.4) is 0 Å². The summed E-state index contributed by atoms with van der Waals surface area (Å²) in [7, 11) is 0. The van der Waals surface area contributed by atoms with Gasteiger partial charge in [-0.15, -0.1) is 0 Å². The number of anilines is 2. The molecule has 206 valence electrons. The van der Waals surface area contributed by atoms with Crippen molar-refractivity contribution in [3.63, 3.8) is 0 Å². The molecule has 0 saturated carbocycles. The van der Waals surface area contributed by atoms with Crippen molar-refractivity contribution in [2.45, 2.75) is 46.3 Å². The first kappa shape index (κ1) is 27.8. The van der Waals surface area contributed by atoms with Crippen molar-refractivity contribution in [1.29, 1.82) is 0 Å². The first-order chi connectivity index (χ1) is 18.5. The Balaban J connectivity index is 1.46. The number of esters is 2. The van der Waals surface area contributed by atoms with Crippen LogP contribution in [0.15, 0.2) is 54.5 Å². The second kappa shape index (κ2) is 11.2. The van der Waals surface area contributed by atoms with Crippen LogP contribution in [0.1, 0.15) is 39.7 Å².